The van der Waals surface area contributed by atoms with Crippen LogP contribution in [-0.2, 0) is 22.6 Å². The predicted octanol–water partition coefficient (Wildman–Crippen LogP) is 3.49. The van der Waals surface area contributed by atoms with Gasteiger partial charge in [-0.05, 0) is 48.6 Å². The van der Waals surface area contributed by atoms with Crippen LogP contribution in [0.25, 0.3) is 0 Å². The molecule has 1 aromatic carbocycles. The van der Waals surface area contributed by atoms with Crippen molar-refractivity contribution < 1.29 is 14.3 Å². The summed E-state index contributed by atoms with van der Waals surface area (Å²) in [6, 6.07) is 11.2. The molecule has 1 aliphatic rings. The van der Waals surface area contributed by atoms with Gasteiger partial charge in [0.2, 0.25) is 0 Å². The molecule has 2 amide bonds. The van der Waals surface area contributed by atoms with Crippen LogP contribution in [0.4, 0.5) is 10.5 Å². The van der Waals surface area contributed by atoms with E-state index in [0.29, 0.717) is 19.8 Å². The Labute approximate surface area is 153 Å². The molecular weight excluding hydrogens is 330 g/mol. The van der Waals surface area contributed by atoms with Gasteiger partial charge in [-0.1, -0.05) is 18.2 Å². The highest BCUT2D eigenvalue weighted by atomic mass is 16.5. The van der Waals surface area contributed by atoms with Gasteiger partial charge in [0, 0.05) is 31.2 Å². The van der Waals surface area contributed by atoms with Gasteiger partial charge in [-0.3, -0.25) is 4.98 Å². The lowest BCUT2D eigenvalue weighted by molar-refractivity contribution is -0.0447. The highest BCUT2D eigenvalue weighted by molar-refractivity contribution is 5.89. The van der Waals surface area contributed by atoms with Crippen molar-refractivity contribution in [2.45, 2.75) is 38.5 Å². The fourth-order valence-electron chi connectivity index (χ4n) is 2.85. The second-order valence-corrected chi connectivity index (χ2v) is 6.37. The standard InChI is InChI=1S/C20H25N3O3/c24-20(22-13-17-6-4-9-21-12-17)23-18-7-3-5-16(11-18)14-25-15-19-8-1-2-10-26-19/h3-7,9,11-12,19H,1-2,8,10,13-15H2,(H2,22,23,24). The minimum atomic E-state index is -0.248. The van der Waals surface area contributed by atoms with Gasteiger partial charge < -0.3 is 20.1 Å². The molecule has 1 aliphatic heterocycles. The van der Waals surface area contributed by atoms with E-state index in [0.717, 1.165) is 36.3 Å². The number of nitrogens with one attached hydrogen (secondary N) is 2. The minimum absolute atomic E-state index is 0.211. The number of benzene rings is 1. The number of carbonyl (C=O) groups is 1. The van der Waals surface area contributed by atoms with Gasteiger partial charge in [0.25, 0.3) is 0 Å². The summed E-state index contributed by atoms with van der Waals surface area (Å²) in [5, 5.41) is 5.66. The van der Waals surface area contributed by atoms with Crippen LogP contribution in [0.15, 0.2) is 48.8 Å². The van der Waals surface area contributed by atoms with Crippen LogP contribution >= 0.6 is 0 Å². The van der Waals surface area contributed by atoms with Gasteiger partial charge in [-0.15, -0.1) is 0 Å². The van der Waals surface area contributed by atoms with E-state index >= 15 is 0 Å². The van der Waals surface area contributed by atoms with E-state index in [2.05, 4.69) is 15.6 Å². The van der Waals surface area contributed by atoms with Gasteiger partial charge in [0.1, 0.15) is 0 Å². The minimum Gasteiger partial charge on any atom is -0.376 e. The number of pyridine rings is 1. The third kappa shape index (κ3) is 6.13. The lowest BCUT2D eigenvalue weighted by atomic mass is 10.1. The summed E-state index contributed by atoms with van der Waals surface area (Å²) < 4.78 is 11.4. The molecule has 0 aliphatic carbocycles. The van der Waals surface area contributed by atoms with E-state index in [1.807, 2.05) is 36.4 Å². The average Bonchev–Trinajstić information content (AvgIpc) is 2.68. The lowest BCUT2D eigenvalue weighted by Gasteiger charge is -2.22. The molecule has 1 saturated heterocycles. The third-order valence-electron chi connectivity index (χ3n) is 4.21. The molecule has 3 rings (SSSR count). The van der Waals surface area contributed by atoms with Gasteiger partial charge in [-0.25, -0.2) is 4.79 Å². The highest BCUT2D eigenvalue weighted by Crippen LogP contribution is 2.15. The van der Waals surface area contributed by atoms with E-state index < -0.39 is 0 Å². The normalized spacial score (nSPS) is 16.8. The van der Waals surface area contributed by atoms with Crippen LogP contribution < -0.4 is 10.6 Å². The molecule has 0 bridgehead atoms. The van der Waals surface area contributed by atoms with Crippen molar-refractivity contribution in [2.75, 3.05) is 18.5 Å². The maximum Gasteiger partial charge on any atom is 0.319 e. The number of hydrogen-bond acceptors (Lipinski definition) is 4. The summed E-state index contributed by atoms with van der Waals surface area (Å²) in [5.74, 6) is 0. The van der Waals surface area contributed by atoms with E-state index in [1.165, 1.54) is 6.42 Å². The number of rotatable bonds is 7. The molecule has 26 heavy (non-hydrogen) atoms. The Hall–Kier alpha value is -2.44. The van der Waals surface area contributed by atoms with Gasteiger partial charge in [0.15, 0.2) is 0 Å². The molecule has 6 nitrogen and oxygen atoms in total. The van der Waals surface area contributed by atoms with E-state index in [9.17, 15) is 4.79 Å². The average molecular weight is 355 g/mol. The number of hydrogen-bond donors (Lipinski definition) is 2. The Morgan fingerprint density at radius 1 is 1.23 bits per heavy atom. The topological polar surface area (TPSA) is 72.5 Å². The van der Waals surface area contributed by atoms with Crippen LogP contribution in [0.2, 0.25) is 0 Å². The van der Waals surface area contributed by atoms with Crippen molar-refractivity contribution in [3.63, 3.8) is 0 Å². The Balaban J connectivity index is 1.42. The zero-order valence-corrected chi connectivity index (χ0v) is 14.8. The van der Waals surface area contributed by atoms with Crippen LogP contribution in [-0.4, -0.2) is 30.3 Å². The molecule has 1 aromatic heterocycles. The zero-order chi connectivity index (χ0) is 18.0. The Bertz CT molecular complexity index is 688. The molecule has 1 atom stereocenters. The monoisotopic (exact) mass is 355 g/mol. The predicted molar refractivity (Wildman–Crippen MR) is 99.8 cm³/mol. The van der Waals surface area contributed by atoms with Crippen molar-refractivity contribution in [1.82, 2.24) is 10.3 Å². The number of amides is 2. The maximum atomic E-state index is 12.0. The molecule has 6 heteroatoms. The Morgan fingerprint density at radius 3 is 2.96 bits per heavy atom. The van der Waals surface area contributed by atoms with E-state index in [-0.39, 0.29) is 12.1 Å². The third-order valence-corrected chi connectivity index (χ3v) is 4.21. The summed E-state index contributed by atoms with van der Waals surface area (Å²) in [6.07, 6.45) is 7.07. The molecule has 0 saturated carbocycles. The summed E-state index contributed by atoms with van der Waals surface area (Å²) in [6.45, 7) is 2.39. The first-order valence-electron chi connectivity index (χ1n) is 9.01. The van der Waals surface area contributed by atoms with Crippen LogP contribution in [0.5, 0.6) is 0 Å². The first-order chi connectivity index (χ1) is 12.8. The maximum absolute atomic E-state index is 12.0. The summed E-state index contributed by atoms with van der Waals surface area (Å²) >= 11 is 0. The lowest BCUT2D eigenvalue weighted by Crippen LogP contribution is -2.28. The molecule has 1 fully saturated rings. The second-order valence-electron chi connectivity index (χ2n) is 6.37. The van der Waals surface area contributed by atoms with E-state index in [1.54, 1.807) is 12.4 Å². The smallest absolute Gasteiger partial charge is 0.319 e. The summed E-state index contributed by atoms with van der Waals surface area (Å²) in [5.41, 5.74) is 2.71. The number of carbonyl (C=O) groups excluding carboxylic acids is 1. The van der Waals surface area contributed by atoms with Gasteiger partial charge in [-0.2, -0.15) is 0 Å². The van der Waals surface area contributed by atoms with Crippen molar-refractivity contribution >= 4 is 11.7 Å². The van der Waals surface area contributed by atoms with Crippen LogP contribution in [0, 0.1) is 0 Å². The van der Waals surface area contributed by atoms with Gasteiger partial charge in [0.05, 0.1) is 19.3 Å². The molecule has 1 unspecified atom stereocenters. The number of ether oxygens (including phenoxy) is 2. The molecule has 0 radical (unpaired) electrons. The molecule has 138 valence electrons. The molecule has 2 aromatic rings. The summed E-state index contributed by atoms with van der Waals surface area (Å²) in [7, 11) is 0. The SMILES string of the molecule is O=C(NCc1cccnc1)Nc1cccc(COCC2CCCCO2)c1. The van der Waals surface area contributed by atoms with E-state index in [4.69, 9.17) is 9.47 Å². The first kappa shape index (κ1) is 18.4. The fourth-order valence-corrected chi connectivity index (χ4v) is 2.85. The summed E-state index contributed by atoms with van der Waals surface area (Å²) in [4.78, 5) is 16.1. The largest absolute Gasteiger partial charge is 0.376 e. The van der Waals surface area contributed by atoms with Gasteiger partial charge >= 0.3 is 6.03 Å². The molecule has 2 heterocycles. The van der Waals surface area contributed by atoms with Crippen LogP contribution in [0.1, 0.15) is 30.4 Å². The van der Waals surface area contributed by atoms with Crippen molar-refractivity contribution in [3.8, 4) is 0 Å². The van der Waals surface area contributed by atoms with Crippen molar-refractivity contribution in [2.24, 2.45) is 0 Å². The zero-order valence-electron chi connectivity index (χ0n) is 14.8. The first-order valence-corrected chi connectivity index (χ1v) is 9.01. The molecular formula is C20H25N3O3. The molecule has 0 spiro atoms. The fraction of sp³-hybridized carbons (Fsp3) is 0.400. The highest BCUT2D eigenvalue weighted by Gasteiger charge is 2.13. The number of aromatic nitrogens is 1. The second kappa shape index (κ2) is 9.89. The number of nitrogens with zero attached hydrogens (tertiary/aromatic N) is 1. The van der Waals surface area contributed by atoms with Crippen molar-refractivity contribution in [1.29, 1.82) is 0 Å². The number of anilines is 1. The molecule has 2 N–H and O–H groups in total. The quantitative estimate of drug-likeness (QED) is 0.797. The number of urea groups is 1. The Kier molecular flexibility index (Phi) is 6.98. The van der Waals surface area contributed by atoms with Crippen molar-refractivity contribution in [3.05, 3.63) is 59.9 Å². The van der Waals surface area contributed by atoms with Crippen LogP contribution in [0.3, 0.4) is 0 Å². The Morgan fingerprint density at radius 2 is 2.15 bits per heavy atom.